The van der Waals surface area contributed by atoms with Crippen molar-refractivity contribution < 1.29 is 12.8 Å². The van der Waals surface area contributed by atoms with E-state index in [0.29, 0.717) is 31.0 Å². The number of nitrogens with zero attached hydrogens (tertiary/aromatic N) is 1. The molecule has 26 heavy (non-hydrogen) atoms. The van der Waals surface area contributed by atoms with Gasteiger partial charge < -0.3 is 10.6 Å². The van der Waals surface area contributed by atoms with Gasteiger partial charge in [0.25, 0.3) is 0 Å². The molecule has 0 radical (unpaired) electrons. The number of nitrogens with one attached hydrogen (secondary N) is 2. The fourth-order valence-corrected chi connectivity index (χ4v) is 2.73. The summed E-state index contributed by atoms with van der Waals surface area (Å²) in [7, 11) is -2.03. The molecule has 0 bridgehead atoms. The van der Waals surface area contributed by atoms with Crippen LogP contribution in [0.3, 0.4) is 0 Å². The third-order valence-corrected chi connectivity index (χ3v) is 4.51. The van der Waals surface area contributed by atoms with Crippen molar-refractivity contribution in [3.05, 3.63) is 65.5 Å². The van der Waals surface area contributed by atoms with Crippen LogP contribution in [0.4, 0.5) is 4.39 Å². The maximum atomic E-state index is 13.6. The van der Waals surface area contributed by atoms with Crippen LogP contribution in [-0.2, 0) is 23.0 Å². The largest absolute Gasteiger partial charge is 0.356 e. The standard InChI is InChI=1S/C17H21FN4O2S.HI/c1-20-17(22-12-14-4-2-3-5-16(14)18)21-11-10-13-6-8-15(9-7-13)25(19,23)24;/h2-9H,10-12H2,1H3,(H2,19,23,24)(H2,20,21,22);1H. The third-order valence-electron chi connectivity index (χ3n) is 3.59. The lowest BCUT2D eigenvalue weighted by Crippen LogP contribution is -2.38. The SMILES string of the molecule is CN=C(NCCc1ccc(S(N)(=O)=O)cc1)NCc1ccccc1F.I. The zero-order valence-corrected chi connectivity index (χ0v) is 17.4. The van der Waals surface area contributed by atoms with E-state index in [0.717, 1.165) is 5.56 Å². The maximum absolute atomic E-state index is 13.6. The predicted octanol–water partition coefficient (Wildman–Crippen LogP) is 2.00. The van der Waals surface area contributed by atoms with Gasteiger partial charge in [0.05, 0.1) is 4.90 Å². The molecule has 9 heteroatoms. The first-order valence-corrected chi connectivity index (χ1v) is 9.24. The first kappa shape index (κ1) is 22.3. The molecule has 0 amide bonds. The van der Waals surface area contributed by atoms with Crippen molar-refractivity contribution in [2.24, 2.45) is 10.1 Å². The summed E-state index contributed by atoms with van der Waals surface area (Å²) in [6.07, 6.45) is 0.672. The fraction of sp³-hybridized carbons (Fsp3) is 0.235. The van der Waals surface area contributed by atoms with Gasteiger partial charge in [-0.3, -0.25) is 4.99 Å². The molecule has 2 rings (SSSR count). The van der Waals surface area contributed by atoms with Crippen molar-refractivity contribution in [3.63, 3.8) is 0 Å². The Morgan fingerprint density at radius 3 is 2.35 bits per heavy atom. The Morgan fingerprint density at radius 1 is 1.12 bits per heavy atom. The zero-order valence-electron chi connectivity index (χ0n) is 14.3. The number of hydrogen-bond donors (Lipinski definition) is 3. The number of benzene rings is 2. The summed E-state index contributed by atoms with van der Waals surface area (Å²) in [6, 6.07) is 13.0. The number of guanidine groups is 1. The molecule has 6 nitrogen and oxygen atoms in total. The molecule has 0 saturated heterocycles. The Bertz CT molecular complexity index is 842. The van der Waals surface area contributed by atoms with Gasteiger partial charge in [-0.2, -0.15) is 0 Å². The van der Waals surface area contributed by atoms with E-state index in [1.807, 2.05) is 0 Å². The number of rotatable bonds is 6. The van der Waals surface area contributed by atoms with Gasteiger partial charge in [-0.25, -0.2) is 17.9 Å². The smallest absolute Gasteiger partial charge is 0.238 e. The molecule has 2 aromatic rings. The van der Waals surface area contributed by atoms with Gasteiger partial charge >= 0.3 is 0 Å². The average Bonchev–Trinajstić information content (AvgIpc) is 2.59. The summed E-state index contributed by atoms with van der Waals surface area (Å²) in [5, 5.41) is 11.2. The molecule has 0 aliphatic rings. The van der Waals surface area contributed by atoms with E-state index < -0.39 is 10.0 Å². The molecule has 0 fully saturated rings. The molecule has 0 saturated carbocycles. The fourth-order valence-electron chi connectivity index (χ4n) is 2.21. The number of nitrogens with two attached hydrogens (primary N) is 1. The Morgan fingerprint density at radius 2 is 1.77 bits per heavy atom. The minimum absolute atomic E-state index is 0. The van der Waals surface area contributed by atoms with Crippen LogP contribution in [0.5, 0.6) is 0 Å². The second kappa shape index (κ2) is 10.4. The van der Waals surface area contributed by atoms with E-state index in [4.69, 9.17) is 5.14 Å². The summed E-state index contributed by atoms with van der Waals surface area (Å²) in [6.45, 7) is 0.918. The number of sulfonamides is 1. The minimum atomic E-state index is -3.67. The highest BCUT2D eigenvalue weighted by Crippen LogP contribution is 2.09. The van der Waals surface area contributed by atoms with Crippen LogP contribution in [0.25, 0.3) is 0 Å². The molecule has 0 aliphatic carbocycles. The van der Waals surface area contributed by atoms with E-state index in [9.17, 15) is 12.8 Å². The van der Waals surface area contributed by atoms with E-state index in [1.54, 1.807) is 37.4 Å². The zero-order chi connectivity index (χ0) is 18.3. The molecule has 0 unspecified atom stereocenters. The second-order valence-electron chi connectivity index (χ2n) is 5.38. The lowest BCUT2D eigenvalue weighted by molar-refractivity contribution is 0.597. The van der Waals surface area contributed by atoms with Crippen LogP contribution in [0.2, 0.25) is 0 Å². The molecule has 2 aromatic carbocycles. The quantitative estimate of drug-likeness (QED) is 0.327. The van der Waals surface area contributed by atoms with Crippen LogP contribution >= 0.6 is 24.0 Å². The summed E-state index contributed by atoms with van der Waals surface area (Å²) >= 11 is 0. The highest BCUT2D eigenvalue weighted by Gasteiger charge is 2.07. The lowest BCUT2D eigenvalue weighted by atomic mass is 10.1. The third kappa shape index (κ3) is 6.89. The molecular weight excluding hydrogens is 470 g/mol. The Labute approximate surface area is 170 Å². The Balaban J connectivity index is 0.00000338. The minimum Gasteiger partial charge on any atom is -0.356 e. The van der Waals surface area contributed by atoms with Gasteiger partial charge in [0.1, 0.15) is 5.82 Å². The van der Waals surface area contributed by atoms with Gasteiger partial charge in [-0.15, -0.1) is 24.0 Å². The van der Waals surface area contributed by atoms with E-state index in [2.05, 4.69) is 15.6 Å². The average molecular weight is 492 g/mol. The van der Waals surface area contributed by atoms with Crippen molar-refractivity contribution in [3.8, 4) is 0 Å². The van der Waals surface area contributed by atoms with Crippen LogP contribution in [0, 0.1) is 5.82 Å². The normalized spacial score (nSPS) is 11.6. The molecular formula is C17H22FIN4O2S. The summed E-state index contributed by atoms with van der Waals surface area (Å²) in [4.78, 5) is 4.18. The van der Waals surface area contributed by atoms with Gasteiger partial charge in [0.15, 0.2) is 5.96 Å². The highest BCUT2D eigenvalue weighted by atomic mass is 127. The summed E-state index contributed by atoms with van der Waals surface area (Å²) < 4.78 is 36.0. The molecule has 0 aromatic heterocycles. The maximum Gasteiger partial charge on any atom is 0.238 e. The predicted molar refractivity (Wildman–Crippen MR) is 112 cm³/mol. The Hall–Kier alpha value is -1.72. The Kier molecular flexibility index (Phi) is 8.96. The molecule has 4 N–H and O–H groups in total. The van der Waals surface area contributed by atoms with Crippen LogP contribution in [-0.4, -0.2) is 28.0 Å². The van der Waals surface area contributed by atoms with E-state index in [1.165, 1.54) is 18.2 Å². The molecule has 142 valence electrons. The molecule has 0 aliphatic heterocycles. The van der Waals surface area contributed by atoms with Crippen molar-refractivity contribution in [2.75, 3.05) is 13.6 Å². The first-order valence-electron chi connectivity index (χ1n) is 7.70. The number of halogens is 2. The number of aliphatic imine (C=N–C) groups is 1. The van der Waals surface area contributed by atoms with Crippen molar-refractivity contribution in [1.82, 2.24) is 10.6 Å². The second-order valence-corrected chi connectivity index (χ2v) is 6.94. The number of primary sulfonamides is 1. The molecule has 0 heterocycles. The van der Waals surface area contributed by atoms with Gasteiger partial charge in [-0.1, -0.05) is 30.3 Å². The first-order chi connectivity index (χ1) is 11.9. The van der Waals surface area contributed by atoms with E-state index >= 15 is 0 Å². The number of hydrogen-bond acceptors (Lipinski definition) is 3. The van der Waals surface area contributed by atoms with Gasteiger partial charge in [0.2, 0.25) is 10.0 Å². The molecule has 0 spiro atoms. The van der Waals surface area contributed by atoms with Crippen molar-refractivity contribution >= 4 is 40.0 Å². The van der Waals surface area contributed by atoms with Crippen LogP contribution in [0.15, 0.2) is 58.4 Å². The topological polar surface area (TPSA) is 96.6 Å². The van der Waals surface area contributed by atoms with E-state index in [-0.39, 0.29) is 34.7 Å². The van der Waals surface area contributed by atoms with Crippen molar-refractivity contribution in [1.29, 1.82) is 0 Å². The van der Waals surface area contributed by atoms with Crippen molar-refractivity contribution in [2.45, 2.75) is 17.9 Å². The monoisotopic (exact) mass is 492 g/mol. The van der Waals surface area contributed by atoms with Gasteiger partial charge in [-0.05, 0) is 30.2 Å². The highest BCUT2D eigenvalue weighted by molar-refractivity contribution is 14.0. The van der Waals surface area contributed by atoms with Crippen LogP contribution in [0.1, 0.15) is 11.1 Å². The lowest BCUT2D eigenvalue weighted by Gasteiger charge is -2.12. The summed E-state index contributed by atoms with van der Waals surface area (Å²) in [5.74, 6) is 0.296. The summed E-state index contributed by atoms with van der Waals surface area (Å²) in [5.41, 5.74) is 1.52. The molecule has 0 atom stereocenters. The van der Waals surface area contributed by atoms with Crippen LogP contribution < -0.4 is 15.8 Å². The van der Waals surface area contributed by atoms with Gasteiger partial charge in [0, 0.05) is 25.7 Å².